The minimum atomic E-state index is -3.51. The molecule has 0 spiro atoms. The number of hydrogen-bond acceptors (Lipinski definition) is 7. The molecule has 8 nitrogen and oxygen atoms in total. The summed E-state index contributed by atoms with van der Waals surface area (Å²) in [5.74, 6) is 0.666. The first kappa shape index (κ1) is 22.2. The van der Waals surface area contributed by atoms with Crippen LogP contribution in [0.2, 0.25) is 0 Å². The van der Waals surface area contributed by atoms with Crippen LogP contribution < -0.4 is 5.32 Å². The minimum absolute atomic E-state index is 0.0480. The largest absolute Gasteiger partial charge is 0.379 e. The normalized spacial score (nSPS) is 20.4. The van der Waals surface area contributed by atoms with Crippen LogP contribution in [0.3, 0.4) is 0 Å². The van der Waals surface area contributed by atoms with Gasteiger partial charge in [-0.25, -0.2) is 13.4 Å². The van der Waals surface area contributed by atoms with Crippen molar-refractivity contribution in [2.24, 2.45) is 0 Å². The second-order valence-electron chi connectivity index (χ2n) is 8.11. The number of rotatable bonds is 7. The molecule has 1 N–H and O–H groups in total. The van der Waals surface area contributed by atoms with Crippen molar-refractivity contribution in [3.05, 3.63) is 54.2 Å². The van der Waals surface area contributed by atoms with Crippen LogP contribution in [0.5, 0.6) is 0 Å². The minimum Gasteiger partial charge on any atom is -0.379 e. The van der Waals surface area contributed by atoms with E-state index in [0.717, 1.165) is 45.9 Å². The second-order valence-corrected chi connectivity index (χ2v) is 10.0. The van der Waals surface area contributed by atoms with Crippen LogP contribution in [0, 0.1) is 0 Å². The van der Waals surface area contributed by atoms with E-state index in [4.69, 9.17) is 4.74 Å². The quantitative estimate of drug-likeness (QED) is 0.692. The molecule has 168 valence electrons. The number of nitrogens with zero attached hydrogens (tertiary/aromatic N) is 4. The first-order valence-electron chi connectivity index (χ1n) is 10.8. The van der Waals surface area contributed by atoms with E-state index in [0.29, 0.717) is 18.9 Å². The van der Waals surface area contributed by atoms with Crippen molar-refractivity contribution in [3.8, 4) is 0 Å². The van der Waals surface area contributed by atoms with E-state index < -0.39 is 10.0 Å². The van der Waals surface area contributed by atoms with E-state index in [2.05, 4.69) is 32.2 Å². The Kier molecular flexibility index (Phi) is 7.19. The molecule has 4 rings (SSSR count). The number of sulfonamides is 1. The van der Waals surface area contributed by atoms with Gasteiger partial charge in [0.2, 0.25) is 10.0 Å². The zero-order valence-corrected chi connectivity index (χ0v) is 18.8. The van der Waals surface area contributed by atoms with Crippen LogP contribution in [0.15, 0.2) is 53.6 Å². The van der Waals surface area contributed by atoms with Crippen molar-refractivity contribution in [1.82, 2.24) is 19.1 Å². The lowest BCUT2D eigenvalue weighted by molar-refractivity contribution is 0.0360. The average molecular weight is 446 g/mol. The predicted octanol–water partition coefficient (Wildman–Crippen LogP) is 1.50. The molecule has 1 atom stereocenters. The number of piperazine rings is 1. The van der Waals surface area contributed by atoms with Gasteiger partial charge in [-0.1, -0.05) is 30.3 Å². The van der Waals surface area contributed by atoms with Gasteiger partial charge in [-0.2, -0.15) is 4.31 Å². The van der Waals surface area contributed by atoms with Crippen molar-refractivity contribution in [2.45, 2.75) is 10.9 Å². The molecule has 2 aliphatic rings. The maximum Gasteiger partial charge on any atom is 0.244 e. The van der Waals surface area contributed by atoms with E-state index in [1.165, 1.54) is 11.8 Å². The fourth-order valence-electron chi connectivity index (χ4n) is 3.94. The molecule has 1 aromatic heterocycles. The zero-order valence-electron chi connectivity index (χ0n) is 18.0. The molecule has 2 saturated heterocycles. The maximum absolute atomic E-state index is 12.9. The standard InChI is InChI=1S/C22H31N5O3S/c1-25-9-11-27(12-10-25)31(28,29)20-7-8-22(23-17-20)24-21(19-5-3-2-4-6-19)18-26-13-15-30-16-14-26/h2-8,17,21H,9-16,18H2,1H3,(H,23,24). The van der Waals surface area contributed by atoms with Gasteiger partial charge in [-0.15, -0.1) is 0 Å². The lowest BCUT2D eigenvalue weighted by Crippen LogP contribution is -2.47. The highest BCUT2D eigenvalue weighted by atomic mass is 32.2. The summed E-state index contributed by atoms with van der Waals surface area (Å²) in [6.07, 6.45) is 1.47. The first-order valence-corrected chi connectivity index (χ1v) is 12.2. The number of morpholine rings is 1. The Bertz CT molecular complexity index is 925. The van der Waals surface area contributed by atoms with Crippen molar-refractivity contribution in [1.29, 1.82) is 0 Å². The summed E-state index contributed by atoms with van der Waals surface area (Å²) in [5.41, 5.74) is 1.17. The number of ether oxygens (including phenoxy) is 1. The molecule has 0 radical (unpaired) electrons. The van der Waals surface area contributed by atoms with Crippen molar-refractivity contribution >= 4 is 15.8 Å². The molecule has 2 fully saturated rings. The summed E-state index contributed by atoms with van der Waals surface area (Å²) in [7, 11) is -1.51. The van der Waals surface area contributed by atoms with Gasteiger partial charge in [0.25, 0.3) is 0 Å². The smallest absolute Gasteiger partial charge is 0.244 e. The number of hydrogen-bond donors (Lipinski definition) is 1. The van der Waals surface area contributed by atoms with Crippen molar-refractivity contribution in [3.63, 3.8) is 0 Å². The van der Waals surface area contributed by atoms with Gasteiger partial charge < -0.3 is 15.0 Å². The molecule has 2 aliphatic heterocycles. The molecule has 0 saturated carbocycles. The van der Waals surface area contributed by atoms with E-state index >= 15 is 0 Å². The topological polar surface area (TPSA) is 78.0 Å². The Labute approximate surface area is 184 Å². The molecule has 3 heterocycles. The molecule has 0 bridgehead atoms. The van der Waals surface area contributed by atoms with E-state index in [9.17, 15) is 8.42 Å². The van der Waals surface area contributed by atoms with Crippen molar-refractivity contribution < 1.29 is 13.2 Å². The average Bonchev–Trinajstić information content (AvgIpc) is 2.81. The number of aromatic nitrogens is 1. The summed E-state index contributed by atoms with van der Waals surface area (Å²) in [4.78, 5) is 9.19. The number of nitrogens with one attached hydrogen (secondary N) is 1. The van der Waals surface area contributed by atoms with Gasteiger partial charge in [-0.05, 0) is 24.7 Å². The van der Waals surface area contributed by atoms with Gasteiger partial charge in [0.15, 0.2) is 0 Å². The Morgan fingerprint density at radius 3 is 2.35 bits per heavy atom. The van der Waals surface area contributed by atoms with Crippen LogP contribution in [0.1, 0.15) is 11.6 Å². The highest BCUT2D eigenvalue weighted by molar-refractivity contribution is 7.89. The molecular formula is C22H31N5O3S. The Morgan fingerprint density at radius 1 is 1.00 bits per heavy atom. The molecule has 1 aromatic carbocycles. The number of likely N-dealkylation sites (N-methyl/N-ethyl adjacent to an activating group) is 1. The third-order valence-electron chi connectivity index (χ3n) is 5.90. The summed E-state index contributed by atoms with van der Waals surface area (Å²) >= 11 is 0. The van der Waals surface area contributed by atoms with E-state index in [1.807, 2.05) is 25.2 Å². The SMILES string of the molecule is CN1CCN(S(=O)(=O)c2ccc(NC(CN3CCOCC3)c3ccccc3)nc2)CC1. The Balaban J connectivity index is 1.47. The van der Waals surface area contributed by atoms with Crippen molar-refractivity contribution in [2.75, 3.05) is 71.4 Å². The van der Waals surface area contributed by atoms with Crippen LogP contribution >= 0.6 is 0 Å². The molecule has 0 aliphatic carbocycles. The Morgan fingerprint density at radius 2 is 1.71 bits per heavy atom. The fourth-order valence-corrected chi connectivity index (χ4v) is 5.30. The van der Waals surface area contributed by atoms with Gasteiger partial charge >= 0.3 is 0 Å². The highest BCUT2D eigenvalue weighted by Crippen LogP contribution is 2.22. The lowest BCUT2D eigenvalue weighted by atomic mass is 10.1. The van der Waals surface area contributed by atoms with E-state index in [-0.39, 0.29) is 10.9 Å². The maximum atomic E-state index is 12.9. The molecule has 2 aromatic rings. The second kappa shape index (κ2) is 10.1. The third kappa shape index (κ3) is 5.61. The molecule has 0 amide bonds. The molecule has 9 heteroatoms. The van der Waals surface area contributed by atoms with Gasteiger partial charge in [0, 0.05) is 52.0 Å². The monoisotopic (exact) mass is 445 g/mol. The first-order chi connectivity index (χ1) is 15.0. The van der Waals surface area contributed by atoms with Gasteiger partial charge in [0.05, 0.1) is 19.3 Å². The predicted molar refractivity (Wildman–Crippen MR) is 121 cm³/mol. The summed E-state index contributed by atoms with van der Waals surface area (Å²) in [6.45, 7) is 6.64. The summed E-state index contributed by atoms with van der Waals surface area (Å²) < 4.78 is 32.9. The van der Waals surface area contributed by atoms with Gasteiger partial charge in [0.1, 0.15) is 10.7 Å². The number of anilines is 1. The third-order valence-corrected chi connectivity index (χ3v) is 7.79. The zero-order chi connectivity index (χ0) is 21.7. The molecule has 1 unspecified atom stereocenters. The van der Waals surface area contributed by atoms with E-state index in [1.54, 1.807) is 16.4 Å². The fraction of sp³-hybridized carbons (Fsp3) is 0.500. The van der Waals surface area contributed by atoms with Crippen LogP contribution in [0.4, 0.5) is 5.82 Å². The number of benzene rings is 1. The number of pyridine rings is 1. The highest BCUT2D eigenvalue weighted by Gasteiger charge is 2.28. The molecule has 31 heavy (non-hydrogen) atoms. The molecular weight excluding hydrogens is 414 g/mol. The van der Waals surface area contributed by atoms with Crippen LogP contribution in [-0.2, 0) is 14.8 Å². The Hall–Kier alpha value is -2.04. The lowest BCUT2D eigenvalue weighted by Gasteiger charge is -2.32. The summed E-state index contributed by atoms with van der Waals surface area (Å²) in [5, 5.41) is 3.50. The van der Waals surface area contributed by atoms with Gasteiger partial charge in [-0.3, -0.25) is 4.90 Å². The van der Waals surface area contributed by atoms with Crippen LogP contribution in [-0.4, -0.2) is 93.6 Å². The van der Waals surface area contributed by atoms with Crippen LogP contribution in [0.25, 0.3) is 0 Å². The summed E-state index contributed by atoms with van der Waals surface area (Å²) in [6, 6.07) is 13.7.